The summed E-state index contributed by atoms with van der Waals surface area (Å²) in [5.41, 5.74) is -0.290. The van der Waals surface area contributed by atoms with E-state index in [2.05, 4.69) is 30.9 Å². The fourth-order valence-corrected chi connectivity index (χ4v) is 4.17. The smallest absolute Gasteiger partial charge is 0.414 e. The van der Waals surface area contributed by atoms with E-state index in [0.29, 0.717) is 0 Å². The first-order valence-electron chi connectivity index (χ1n) is 12.0. The van der Waals surface area contributed by atoms with E-state index in [9.17, 15) is 19.2 Å². The number of amides is 4. The summed E-state index contributed by atoms with van der Waals surface area (Å²) in [6, 6.07) is 2.08. The summed E-state index contributed by atoms with van der Waals surface area (Å²) in [6.07, 6.45) is -0.743. The highest BCUT2D eigenvalue weighted by molar-refractivity contribution is 5.90. The summed E-state index contributed by atoms with van der Waals surface area (Å²) in [5, 5.41) is 15.5. The summed E-state index contributed by atoms with van der Waals surface area (Å²) in [4.78, 5) is 52.0. The fourth-order valence-electron chi connectivity index (χ4n) is 4.17. The molecule has 0 spiro atoms. The monoisotopic (exact) mass is 551 g/mol. The lowest BCUT2D eigenvalue weighted by Gasteiger charge is -2.36. The van der Waals surface area contributed by atoms with Gasteiger partial charge in [-0.05, 0) is 10.4 Å². The van der Waals surface area contributed by atoms with Gasteiger partial charge in [-0.25, -0.2) is 23.1 Å². The number of benzene rings is 1. The normalized spacial score (nSPS) is 17.2. The number of rotatable bonds is 9. The van der Waals surface area contributed by atoms with Crippen LogP contribution in [0, 0.1) is 11.6 Å². The maximum Gasteiger partial charge on any atom is 0.414 e. The Labute approximate surface area is 221 Å². The number of tetrazole rings is 1. The molecule has 0 bridgehead atoms. The van der Waals surface area contributed by atoms with Crippen LogP contribution in [0.1, 0.15) is 6.42 Å². The second-order valence-corrected chi connectivity index (χ2v) is 8.71. The van der Waals surface area contributed by atoms with Crippen molar-refractivity contribution < 1.29 is 37.4 Å². The van der Waals surface area contributed by atoms with E-state index < -0.39 is 29.9 Å². The van der Waals surface area contributed by atoms with Crippen molar-refractivity contribution in [1.82, 2.24) is 35.7 Å². The van der Waals surface area contributed by atoms with Crippen molar-refractivity contribution >= 4 is 35.4 Å². The third-order valence-corrected chi connectivity index (χ3v) is 6.19. The van der Waals surface area contributed by atoms with Crippen LogP contribution in [0.4, 0.5) is 29.7 Å². The number of hydrogen-bond acceptors (Lipinski definition) is 10. The van der Waals surface area contributed by atoms with Crippen molar-refractivity contribution in [3.8, 4) is 0 Å². The zero-order valence-electron chi connectivity index (χ0n) is 21.0. The minimum atomic E-state index is -0.872. The quantitative estimate of drug-likeness (QED) is 0.415. The van der Waals surface area contributed by atoms with Gasteiger partial charge in [0.2, 0.25) is 11.8 Å². The molecule has 1 aromatic heterocycles. The number of aromatic nitrogens is 4. The van der Waals surface area contributed by atoms with E-state index >= 15 is 8.78 Å². The molecule has 15 nitrogen and oxygen atoms in total. The minimum absolute atomic E-state index is 0.0178. The lowest BCUT2D eigenvalue weighted by atomic mass is 10.2. The first-order chi connectivity index (χ1) is 18.7. The molecule has 2 aromatic rings. The predicted octanol–water partition coefficient (Wildman–Crippen LogP) is -0.512. The standard InChI is InChI=1S/C22H27F2N9O6/c1-38-21(36)26-10-15-12-33(22(37)39-15)14-8-16(23)20(17(24)9-14)31-6-4-30(5-7-31)19(35)11-25-18(34)2-3-32-13-27-28-29-32/h8-9,13,15H,2-7,10-12H2,1H3,(H,25,34)(H,26,36). The van der Waals surface area contributed by atoms with Crippen LogP contribution >= 0.6 is 0 Å². The predicted molar refractivity (Wildman–Crippen MR) is 129 cm³/mol. The molecule has 2 saturated heterocycles. The number of ether oxygens (including phenoxy) is 2. The number of hydrogen-bond donors (Lipinski definition) is 2. The molecule has 17 heteroatoms. The van der Waals surface area contributed by atoms with Gasteiger partial charge in [-0.1, -0.05) is 0 Å². The van der Waals surface area contributed by atoms with Crippen molar-refractivity contribution in [2.75, 3.05) is 62.7 Å². The zero-order chi connectivity index (χ0) is 27.9. The molecule has 4 rings (SSSR count). The van der Waals surface area contributed by atoms with Crippen LogP contribution in [0.25, 0.3) is 0 Å². The number of aryl methyl sites for hydroxylation is 1. The second kappa shape index (κ2) is 12.3. The molecule has 2 aliphatic rings. The number of nitrogens with one attached hydrogen (secondary N) is 2. The van der Waals surface area contributed by atoms with Gasteiger partial charge in [-0.15, -0.1) is 5.10 Å². The van der Waals surface area contributed by atoms with E-state index in [1.165, 1.54) is 27.9 Å². The molecule has 4 amide bonds. The molecule has 0 aliphatic carbocycles. The molecule has 1 atom stereocenters. The van der Waals surface area contributed by atoms with Crippen molar-refractivity contribution in [2.45, 2.75) is 19.1 Å². The number of alkyl carbamates (subject to hydrolysis) is 1. The van der Waals surface area contributed by atoms with E-state index in [1.807, 2.05) is 0 Å². The summed E-state index contributed by atoms with van der Waals surface area (Å²) >= 11 is 0. The van der Waals surface area contributed by atoms with Crippen LogP contribution in [-0.2, 0) is 25.6 Å². The van der Waals surface area contributed by atoms with Gasteiger partial charge in [0, 0.05) is 44.7 Å². The maximum atomic E-state index is 15.0. The molecule has 39 heavy (non-hydrogen) atoms. The summed E-state index contributed by atoms with van der Waals surface area (Å²) < 4.78 is 41.1. The fraction of sp³-hybridized carbons (Fsp3) is 0.500. The molecule has 0 radical (unpaired) electrons. The van der Waals surface area contributed by atoms with Crippen molar-refractivity contribution in [2.24, 2.45) is 0 Å². The molecular weight excluding hydrogens is 524 g/mol. The number of nitrogens with zero attached hydrogens (tertiary/aromatic N) is 7. The first kappa shape index (κ1) is 27.5. The molecule has 210 valence electrons. The number of piperazine rings is 1. The van der Waals surface area contributed by atoms with Crippen LogP contribution < -0.4 is 20.4 Å². The van der Waals surface area contributed by atoms with Crippen LogP contribution in [-0.4, -0.2) is 108 Å². The van der Waals surface area contributed by atoms with E-state index in [1.54, 1.807) is 0 Å². The van der Waals surface area contributed by atoms with Gasteiger partial charge in [-0.3, -0.25) is 14.5 Å². The Bertz CT molecular complexity index is 1180. The third-order valence-electron chi connectivity index (χ3n) is 6.19. The average Bonchev–Trinajstić information content (AvgIpc) is 3.58. The van der Waals surface area contributed by atoms with E-state index in [-0.39, 0.29) is 82.0 Å². The topological polar surface area (TPSA) is 164 Å². The second-order valence-electron chi connectivity index (χ2n) is 8.71. The summed E-state index contributed by atoms with van der Waals surface area (Å²) in [7, 11) is 1.19. The molecule has 2 N–H and O–H groups in total. The largest absolute Gasteiger partial charge is 0.453 e. The zero-order valence-corrected chi connectivity index (χ0v) is 21.0. The van der Waals surface area contributed by atoms with Crippen molar-refractivity contribution in [3.63, 3.8) is 0 Å². The third kappa shape index (κ3) is 6.85. The number of methoxy groups -OCH3 is 1. The number of anilines is 2. The van der Waals surface area contributed by atoms with Gasteiger partial charge < -0.3 is 29.9 Å². The van der Waals surface area contributed by atoms with Crippen LogP contribution in [0.2, 0.25) is 0 Å². The Morgan fingerprint density at radius 3 is 2.49 bits per heavy atom. The lowest BCUT2D eigenvalue weighted by Crippen LogP contribution is -2.51. The van der Waals surface area contributed by atoms with E-state index in [0.717, 1.165) is 17.0 Å². The summed E-state index contributed by atoms with van der Waals surface area (Å²) in [5.74, 6) is -2.40. The first-order valence-corrected chi connectivity index (χ1v) is 12.0. The number of halogens is 2. The van der Waals surface area contributed by atoms with Crippen LogP contribution in [0.3, 0.4) is 0 Å². The molecule has 2 fully saturated rings. The molecule has 1 unspecified atom stereocenters. The lowest BCUT2D eigenvalue weighted by molar-refractivity contribution is -0.133. The highest BCUT2D eigenvalue weighted by Crippen LogP contribution is 2.31. The highest BCUT2D eigenvalue weighted by Gasteiger charge is 2.34. The van der Waals surface area contributed by atoms with Crippen LogP contribution in [0.5, 0.6) is 0 Å². The molecule has 0 saturated carbocycles. The van der Waals surface area contributed by atoms with Gasteiger partial charge >= 0.3 is 12.2 Å². The van der Waals surface area contributed by atoms with Gasteiger partial charge in [-0.2, -0.15) is 0 Å². The number of cyclic esters (lactones) is 1. The van der Waals surface area contributed by atoms with Crippen molar-refractivity contribution in [3.05, 3.63) is 30.1 Å². The van der Waals surface area contributed by atoms with Crippen LogP contribution in [0.15, 0.2) is 18.5 Å². The highest BCUT2D eigenvalue weighted by atomic mass is 19.1. The summed E-state index contributed by atoms with van der Waals surface area (Å²) in [6.45, 7) is 0.766. The molecule has 2 aliphatic heterocycles. The SMILES string of the molecule is COC(=O)NCC1CN(c2cc(F)c(N3CCN(C(=O)CNC(=O)CCn4cnnn4)CC3)c(F)c2)C(=O)O1. The Kier molecular flexibility index (Phi) is 8.67. The van der Waals surface area contributed by atoms with Gasteiger partial charge in [0.25, 0.3) is 0 Å². The Hall–Kier alpha value is -4.57. The molecule has 1 aromatic carbocycles. The minimum Gasteiger partial charge on any atom is -0.453 e. The Morgan fingerprint density at radius 1 is 1.13 bits per heavy atom. The Morgan fingerprint density at radius 2 is 1.85 bits per heavy atom. The average molecular weight is 552 g/mol. The maximum absolute atomic E-state index is 15.0. The van der Waals surface area contributed by atoms with E-state index in [4.69, 9.17) is 4.74 Å². The van der Waals surface area contributed by atoms with Gasteiger partial charge in [0.1, 0.15) is 18.1 Å². The molecular formula is C22H27F2N9O6. The number of carbonyl (C=O) groups is 4. The number of carbonyl (C=O) groups excluding carboxylic acids is 4. The Balaban J connectivity index is 1.27. The molecule has 3 heterocycles. The van der Waals surface area contributed by atoms with Crippen molar-refractivity contribution in [1.29, 1.82) is 0 Å². The van der Waals surface area contributed by atoms with Gasteiger partial charge in [0.05, 0.1) is 39.0 Å². The van der Waals surface area contributed by atoms with Gasteiger partial charge in [0.15, 0.2) is 11.6 Å².